The van der Waals surface area contributed by atoms with E-state index in [0.717, 1.165) is 6.92 Å². The molecule has 0 aromatic rings. The maximum Gasteiger partial charge on any atom is 0.217 e. The summed E-state index contributed by atoms with van der Waals surface area (Å²) in [6.07, 6.45) is -14.9. The standard InChI is InChI=1S/C17H31NO13/c1-6(22)18-10-12(25)15(9(4-21)30-16(10)28-5-7(23)2-19)31-17-14(27)13(26)11(24)8(3-20)29-17/h7-17,19-21,23-27H,2-5H2,1H3,(H,18,22)/t7?,8-,9-,10-,11+,12-,13+,14-,15-,16-,17+/m1/s1. The van der Waals surface area contributed by atoms with Crippen molar-refractivity contribution < 1.29 is 64.6 Å². The molecule has 2 aliphatic heterocycles. The predicted octanol–water partition coefficient (Wildman–Crippen LogP) is -5.88. The van der Waals surface area contributed by atoms with Gasteiger partial charge in [0.2, 0.25) is 5.91 Å². The van der Waals surface area contributed by atoms with E-state index >= 15 is 0 Å². The van der Waals surface area contributed by atoms with E-state index in [1.807, 2.05) is 0 Å². The van der Waals surface area contributed by atoms with Crippen LogP contribution in [0.25, 0.3) is 0 Å². The fourth-order valence-corrected chi connectivity index (χ4v) is 3.36. The molecule has 14 heteroatoms. The third kappa shape index (κ3) is 6.28. The lowest BCUT2D eigenvalue weighted by molar-refractivity contribution is -0.349. The Balaban J connectivity index is 2.19. The molecule has 14 nitrogen and oxygen atoms in total. The average Bonchev–Trinajstić information content (AvgIpc) is 2.75. The summed E-state index contributed by atoms with van der Waals surface area (Å²) in [5.41, 5.74) is 0. The number of aliphatic hydroxyl groups is 8. The summed E-state index contributed by atoms with van der Waals surface area (Å²) in [5.74, 6) is -0.571. The quantitative estimate of drug-likeness (QED) is 0.157. The van der Waals surface area contributed by atoms with Crippen LogP contribution in [0, 0.1) is 0 Å². The fourth-order valence-electron chi connectivity index (χ4n) is 3.36. The largest absolute Gasteiger partial charge is 0.394 e. The van der Waals surface area contributed by atoms with Gasteiger partial charge in [-0.3, -0.25) is 4.79 Å². The number of aliphatic hydroxyl groups excluding tert-OH is 8. The van der Waals surface area contributed by atoms with Gasteiger partial charge in [-0.25, -0.2) is 0 Å². The van der Waals surface area contributed by atoms with Crippen molar-refractivity contribution in [3.8, 4) is 0 Å². The summed E-state index contributed by atoms with van der Waals surface area (Å²) in [6, 6.07) is -1.25. The van der Waals surface area contributed by atoms with Crippen LogP contribution in [0.5, 0.6) is 0 Å². The Morgan fingerprint density at radius 1 is 0.935 bits per heavy atom. The second kappa shape index (κ2) is 11.7. The minimum absolute atomic E-state index is 0.402. The molecular weight excluding hydrogens is 426 g/mol. The van der Waals surface area contributed by atoms with E-state index in [2.05, 4.69) is 5.32 Å². The molecule has 2 rings (SSSR count). The van der Waals surface area contributed by atoms with Crippen LogP contribution in [0.1, 0.15) is 6.92 Å². The smallest absolute Gasteiger partial charge is 0.217 e. The van der Waals surface area contributed by atoms with Crippen molar-refractivity contribution in [3.63, 3.8) is 0 Å². The van der Waals surface area contributed by atoms with Gasteiger partial charge in [0, 0.05) is 6.92 Å². The van der Waals surface area contributed by atoms with Gasteiger partial charge in [-0.05, 0) is 0 Å². The Hall–Kier alpha value is -1.01. The molecule has 0 saturated carbocycles. The number of carbonyl (C=O) groups is 1. The number of nitrogens with one attached hydrogen (secondary N) is 1. The zero-order valence-corrected chi connectivity index (χ0v) is 16.8. The van der Waals surface area contributed by atoms with Crippen LogP contribution in [-0.2, 0) is 23.7 Å². The lowest BCUT2D eigenvalue weighted by Crippen LogP contribution is -2.67. The Bertz CT molecular complexity index is 566. The van der Waals surface area contributed by atoms with E-state index in [1.54, 1.807) is 0 Å². The highest BCUT2D eigenvalue weighted by atomic mass is 16.7. The van der Waals surface area contributed by atoms with E-state index in [1.165, 1.54) is 0 Å². The molecule has 1 unspecified atom stereocenters. The Morgan fingerprint density at radius 3 is 2.10 bits per heavy atom. The van der Waals surface area contributed by atoms with E-state index in [-0.39, 0.29) is 0 Å². The van der Waals surface area contributed by atoms with E-state index in [0.29, 0.717) is 0 Å². The van der Waals surface area contributed by atoms with Crippen LogP contribution in [0.2, 0.25) is 0 Å². The van der Waals surface area contributed by atoms with Crippen LogP contribution in [0.15, 0.2) is 0 Å². The van der Waals surface area contributed by atoms with Crippen LogP contribution in [0.3, 0.4) is 0 Å². The molecule has 0 aromatic heterocycles. The van der Waals surface area contributed by atoms with Crippen LogP contribution in [0.4, 0.5) is 0 Å². The predicted molar refractivity (Wildman–Crippen MR) is 97.0 cm³/mol. The average molecular weight is 457 g/mol. The first-order chi connectivity index (χ1) is 14.6. The number of ether oxygens (including phenoxy) is 4. The van der Waals surface area contributed by atoms with E-state index in [4.69, 9.17) is 24.1 Å². The molecule has 2 saturated heterocycles. The Kier molecular flexibility index (Phi) is 9.94. The summed E-state index contributed by atoms with van der Waals surface area (Å²) >= 11 is 0. The highest BCUT2D eigenvalue weighted by Crippen LogP contribution is 2.29. The molecule has 2 heterocycles. The monoisotopic (exact) mass is 457 g/mol. The molecule has 182 valence electrons. The molecule has 0 spiro atoms. The fraction of sp³-hybridized carbons (Fsp3) is 0.941. The molecule has 0 aromatic carbocycles. The first kappa shape index (κ1) is 26.2. The number of hydrogen-bond donors (Lipinski definition) is 9. The summed E-state index contributed by atoms with van der Waals surface area (Å²) in [6.45, 7) is -1.24. The summed E-state index contributed by atoms with van der Waals surface area (Å²) < 4.78 is 21.6. The van der Waals surface area contributed by atoms with E-state index in [9.17, 15) is 40.5 Å². The third-order valence-electron chi connectivity index (χ3n) is 5.03. The Morgan fingerprint density at radius 2 is 1.55 bits per heavy atom. The molecule has 31 heavy (non-hydrogen) atoms. The minimum Gasteiger partial charge on any atom is -0.394 e. The summed E-state index contributed by atoms with van der Waals surface area (Å²) in [5, 5.41) is 80.5. The number of amides is 1. The molecule has 2 fully saturated rings. The van der Waals surface area contributed by atoms with Crippen molar-refractivity contribution in [3.05, 3.63) is 0 Å². The van der Waals surface area contributed by atoms with E-state index < -0.39 is 99.8 Å². The number of rotatable bonds is 9. The lowest BCUT2D eigenvalue weighted by atomic mass is 9.95. The van der Waals surface area contributed by atoms with Crippen LogP contribution in [-0.4, -0.2) is 141 Å². The molecular formula is C17H31NO13. The molecule has 9 N–H and O–H groups in total. The molecule has 2 aliphatic rings. The number of carbonyl (C=O) groups excluding carboxylic acids is 1. The van der Waals surface area contributed by atoms with Gasteiger partial charge in [0.05, 0.1) is 26.4 Å². The second-order valence-electron chi connectivity index (χ2n) is 7.41. The van der Waals surface area contributed by atoms with Gasteiger partial charge in [0.15, 0.2) is 12.6 Å². The van der Waals surface area contributed by atoms with Crippen LogP contribution < -0.4 is 5.32 Å². The second-order valence-corrected chi connectivity index (χ2v) is 7.41. The molecule has 0 bridgehead atoms. The Labute approximate surface area is 177 Å². The normalized spacial score (nSPS) is 42.2. The highest BCUT2D eigenvalue weighted by Gasteiger charge is 2.51. The lowest BCUT2D eigenvalue weighted by Gasteiger charge is -2.47. The van der Waals surface area contributed by atoms with Gasteiger partial charge in [-0.2, -0.15) is 0 Å². The first-order valence-electron chi connectivity index (χ1n) is 9.72. The van der Waals surface area contributed by atoms with Gasteiger partial charge < -0.3 is 65.1 Å². The maximum absolute atomic E-state index is 11.6. The van der Waals surface area contributed by atoms with Gasteiger partial charge in [0.25, 0.3) is 0 Å². The van der Waals surface area contributed by atoms with Crippen molar-refractivity contribution in [2.24, 2.45) is 0 Å². The van der Waals surface area contributed by atoms with Gasteiger partial charge in [0.1, 0.15) is 54.9 Å². The van der Waals surface area contributed by atoms with Crippen molar-refractivity contribution in [2.75, 3.05) is 26.4 Å². The van der Waals surface area contributed by atoms with Crippen LogP contribution >= 0.6 is 0 Å². The van der Waals surface area contributed by atoms with Crippen molar-refractivity contribution >= 4 is 5.91 Å². The zero-order chi connectivity index (χ0) is 23.3. The summed E-state index contributed by atoms with van der Waals surface area (Å²) in [4.78, 5) is 11.6. The number of hydrogen-bond acceptors (Lipinski definition) is 13. The molecule has 0 radical (unpaired) electrons. The SMILES string of the molecule is CC(=O)N[C@H]1[C@H](OCC(O)CO)O[C@H](CO)[C@@H](O[C@@H]2O[C@H](CO)[C@H](O)[C@H](O)[C@H]2O)[C@@H]1O. The van der Waals surface area contributed by atoms with Gasteiger partial charge >= 0.3 is 0 Å². The van der Waals surface area contributed by atoms with Gasteiger partial charge in [-0.15, -0.1) is 0 Å². The maximum atomic E-state index is 11.6. The summed E-state index contributed by atoms with van der Waals surface area (Å²) in [7, 11) is 0. The van der Waals surface area contributed by atoms with Crippen molar-refractivity contribution in [1.29, 1.82) is 0 Å². The molecule has 1 amide bonds. The van der Waals surface area contributed by atoms with Crippen molar-refractivity contribution in [1.82, 2.24) is 5.32 Å². The zero-order valence-electron chi connectivity index (χ0n) is 16.8. The molecule has 11 atom stereocenters. The van der Waals surface area contributed by atoms with Gasteiger partial charge in [-0.1, -0.05) is 0 Å². The highest BCUT2D eigenvalue weighted by molar-refractivity contribution is 5.73. The first-order valence-corrected chi connectivity index (χ1v) is 9.72. The third-order valence-corrected chi connectivity index (χ3v) is 5.03. The van der Waals surface area contributed by atoms with Crippen molar-refractivity contribution in [2.45, 2.75) is 74.4 Å². The topological polar surface area (TPSA) is 228 Å². The minimum atomic E-state index is -1.77. The molecule has 0 aliphatic carbocycles.